The van der Waals surface area contributed by atoms with Gasteiger partial charge in [-0.25, -0.2) is 4.68 Å². The fraction of sp³-hybridized carbons (Fsp3) is 0.273. The number of hydrogen-bond acceptors (Lipinski definition) is 4. The molecule has 1 atom stereocenters. The maximum Gasteiger partial charge on any atom is 0.271 e. The van der Waals surface area contributed by atoms with Gasteiger partial charge in [-0.15, -0.1) is 5.10 Å². The summed E-state index contributed by atoms with van der Waals surface area (Å²) in [6.45, 7) is 2.01. The van der Waals surface area contributed by atoms with Crippen LogP contribution in [0.4, 0.5) is 5.69 Å². The van der Waals surface area contributed by atoms with E-state index in [0.717, 1.165) is 12.1 Å². The largest absolute Gasteiger partial charge is 0.271 e. The van der Waals surface area contributed by atoms with Gasteiger partial charge in [-0.1, -0.05) is 39.7 Å². The Morgan fingerprint density at radius 3 is 2.95 bits per heavy atom. The molecule has 0 spiro atoms. The second kappa shape index (κ2) is 5.66. The van der Waals surface area contributed by atoms with Crippen LogP contribution in [0.1, 0.15) is 23.9 Å². The summed E-state index contributed by atoms with van der Waals surface area (Å²) in [7, 11) is 0. The zero-order valence-electron chi connectivity index (χ0n) is 9.96. The van der Waals surface area contributed by atoms with Crippen LogP contribution < -0.4 is 0 Å². The van der Waals surface area contributed by atoms with Gasteiger partial charge in [-0.05, 0) is 12.5 Å². The van der Waals surface area contributed by atoms with Crippen molar-refractivity contribution < 1.29 is 4.92 Å². The van der Waals surface area contributed by atoms with E-state index in [4.69, 9.17) is 11.6 Å². The first kappa shape index (κ1) is 14.0. The van der Waals surface area contributed by atoms with Gasteiger partial charge in [0.15, 0.2) is 0 Å². The Hall–Kier alpha value is -1.47. The SMILES string of the molecule is CCC(Br)c1cn(-c2cc([N+](=O)[O-])ccc2Cl)nn1. The third kappa shape index (κ3) is 2.93. The Morgan fingerprint density at radius 2 is 2.32 bits per heavy atom. The molecule has 0 aliphatic rings. The number of hydrogen-bond donors (Lipinski definition) is 0. The predicted octanol–water partition coefficient (Wildman–Crippen LogP) is 3.67. The molecule has 1 unspecified atom stereocenters. The molecule has 6 nitrogen and oxygen atoms in total. The summed E-state index contributed by atoms with van der Waals surface area (Å²) in [5, 5.41) is 19.1. The molecule has 0 aliphatic carbocycles. The molecule has 0 aliphatic heterocycles. The Balaban J connectivity index is 2.43. The molecule has 0 amide bonds. The average molecular weight is 346 g/mol. The number of benzene rings is 1. The van der Waals surface area contributed by atoms with E-state index in [-0.39, 0.29) is 10.5 Å². The smallest absolute Gasteiger partial charge is 0.258 e. The first-order valence-corrected chi connectivity index (χ1v) is 6.83. The molecule has 0 saturated carbocycles. The lowest BCUT2D eigenvalue weighted by molar-refractivity contribution is -0.384. The second-order valence-electron chi connectivity index (χ2n) is 3.86. The van der Waals surface area contributed by atoms with Gasteiger partial charge in [0, 0.05) is 12.1 Å². The van der Waals surface area contributed by atoms with E-state index in [9.17, 15) is 10.1 Å². The van der Waals surface area contributed by atoms with Gasteiger partial charge in [0.05, 0.1) is 32.4 Å². The number of nitro groups is 1. The maximum atomic E-state index is 10.8. The number of nitrogens with zero attached hydrogens (tertiary/aromatic N) is 4. The highest BCUT2D eigenvalue weighted by atomic mass is 79.9. The van der Waals surface area contributed by atoms with Gasteiger partial charge in [-0.2, -0.15) is 0 Å². The van der Waals surface area contributed by atoms with Crippen LogP contribution in [-0.2, 0) is 0 Å². The number of non-ortho nitro benzene ring substituents is 1. The third-order valence-corrected chi connectivity index (χ3v) is 4.01. The van der Waals surface area contributed by atoms with Crippen LogP contribution in [0.25, 0.3) is 5.69 Å². The molecule has 0 N–H and O–H groups in total. The zero-order chi connectivity index (χ0) is 14.0. The molecular weight excluding hydrogens is 336 g/mol. The first-order chi connectivity index (χ1) is 9.02. The molecule has 2 aromatic rings. The monoisotopic (exact) mass is 344 g/mol. The molecule has 2 rings (SSSR count). The van der Waals surface area contributed by atoms with E-state index in [1.807, 2.05) is 6.92 Å². The fourth-order valence-corrected chi connectivity index (χ4v) is 1.95. The zero-order valence-corrected chi connectivity index (χ0v) is 12.3. The molecule has 1 aromatic heterocycles. The summed E-state index contributed by atoms with van der Waals surface area (Å²) >= 11 is 9.51. The van der Waals surface area contributed by atoms with Gasteiger partial charge in [0.2, 0.25) is 0 Å². The lowest BCUT2D eigenvalue weighted by Gasteiger charge is -2.03. The summed E-state index contributed by atoms with van der Waals surface area (Å²) in [6.07, 6.45) is 2.56. The Bertz CT molecular complexity index is 616. The molecule has 0 bridgehead atoms. The molecular formula is C11H10BrClN4O2. The lowest BCUT2D eigenvalue weighted by Crippen LogP contribution is -1.98. The summed E-state index contributed by atoms with van der Waals surface area (Å²) in [4.78, 5) is 10.4. The van der Waals surface area contributed by atoms with Crippen LogP contribution in [0.15, 0.2) is 24.4 Å². The van der Waals surface area contributed by atoms with Gasteiger partial charge < -0.3 is 0 Å². The summed E-state index contributed by atoms with van der Waals surface area (Å²) in [6, 6.07) is 4.20. The minimum absolute atomic E-state index is 0.0395. The Labute approximate surface area is 122 Å². The number of halogens is 2. The standard InChI is InChI=1S/C11H10BrClN4O2/c1-2-8(12)10-6-16(15-14-10)11-5-7(17(18)19)3-4-9(11)13/h3-6,8H,2H2,1H3. The van der Waals surface area contributed by atoms with Crippen molar-refractivity contribution in [1.29, 1.82) is 0 Å². The van der Waals surface area contributed by atoms with Gasteiger partial charge in [0.25, 0.3) is 5.69 Å². The van der Waals surface area contributed by atoms with E-state index in [1.165, 1.54) is 22.9 Å². The van der Waals surface area contributed by atoms with Crippen molar-refractivity contribution in [3.8, 4) is 5.69 Å². The molecule has 0 saturated heterocycles. The van der Waals surface area contributed by atoms with Crippen LogP contribution in [0.3, 0.4) is 0 Å². The van der Waals surface area contributed by atoms with Crippen molar-refractivity contribution in [2.45, 2.75) is 18.2 Å². The average Bonchev–Trinajstić information content (AvgIpc) is 2.87. The normalized spacial score (nSPS) is 12.4. The lowest BCUT2D eigenvalue weighted by atomic mass is 10.2. The molecule has 0 radical (unpaired) electrons. The first-order valence-electron chi connectivity index (χ1n) is 5.53. The minimum atomic E-state index is -0.475. The Morgan fingerprint density at radius 1 is 1.58 bits per heavy atom. The van der Waals surface area contributed by atoms with Gasteiger partial charge >= 0.3 is 0 Å². The second-order valence-corrected chi connectivity index (χ2v) is 5.37. The molecule has 100 valence electrons. The number of aromatic nitrogens is 3. The highest BCUT2D eigenvalue weighted by molar-refractivity contribution is 9.09. The van der Waals surface area contributed by atoms with Crippen LogP contribution in [0, 0.1) is 10.1 Å². The fourth-order valence-electron chi connectivity index (χ4n) is 1.54. The topological polar surface area (TPSA) is 73.8 Å². The van der Waals surface area contributed by atoms with Crippen molar-refractivity contribution in [3.63, 3.8) is 0 Å². The van der Waals surface area contributed by atoms with Crippen molar-refractivity contribution in [2.75, 3.05) is 0 Å². The highest BCUT2D eigenvalue weighted by Gasteiger charge is 2.15. The van der Waals surface area contributed by atoms with Crippen LogP contribution >= 0.6 is 27.5 Å². The highest BCUT2D eigenvalue weighted by Crippen LogP contribution is 2.28. The van der Waals surface area contributed by atoms with Crippen molar-refractivity contribution in [2.24, 2.45) is 0 Å². The molecule has 0 fully saturated rings. The minimum Gasteiger partial charge on any atom is -0.258 e. The maximum absolute atomic E-state index is 10.8. The summed E-state index contributed by atoms with van der Waals surface area (Å²) in [5.41, 5.74) is 1.15. The predicted molar refractivity (Wildman–Crippen MR) is 75.0 cm³/mol. The van der Waals surface area contributed by atoms with Crippen molar-refractivity contribution in [1.82, 2.24) is 15.0 Å². The van der Waals surface area contributed by atoms with Crippen LogP contribution in [0.2, 0.25) is 5.02 Å². The molecule has 1 aromatic carbocycles. The molecule has 19 heavy (non-hydrogen) atoms. The van der Waals surface area contributed by atoms with E-state index in [1.54, 1.807) is 6.20 Å². The van der Waals surface area contributed by atoms with Crippen LogP contribution in [0.5, 0.6) is 0 Å². The van der Waals surface area contributed by atoms with E-state index < -0.39 is 4.92 Å². The van der Waals surface area contributed by atoms with E-state index in [0.29, 0.717) is 10.7 Å². The van der Waals surface area contributed by atoms with Gasteiger partial charge in [0.1, 0.15) is 0 Å². The van der Waals surface area contributed by atoms with Crippen LogP contribution in [-0.4, -0.2) is 19.9 Å². The summed E-state index contributed by atoms with van der Waals surface area (Å²) < 4.78 is 1.44. The Kier molecular flexibility index (Phi) is 4.16. The van der Waals surface area contributed by atoms with E-state index in [2.05, 4.69) is 26.2 Å². The van der Waals surface area contributed by atoms with E-state index >= 15 is 0 Å². The molecule has 8 heteroatoms. The number of nitro benzene ring substituents is 1. The summed E-state index contributed by atoms with van der Waals surface area (Å²) in [5.74, 6) is 0. The van der Waals surface area contributed by atoms with Crippen molar-refractivity contribution in [3.05, 3.63) is 45.2 Å². The number of rotatable bonds is 4. The third-order valence-electron chi connectivity index (χ3n) is 2.58. The molecule has 1 heterocycles. The van der Waals surface area contributed by atoms with Gasteiger partial charge in [-0.3, -0.25) is 10.1 Å². The number of alkyl halides is 1. The quantitative estimate of drug-likeness (QED) is 0.481. The van der Waals surface area contributed by atoms with Crippen molar-refractivity contribution >= 4 is 33.2 Å².